The minimum atomic E-state index is -0.857. The lowest BCUT2D eigenvalue weighted by Crippen LogP contribution is -2.39. The van der Waals surface area contributed by atoms with Gasteiger partial charge in [0.15, 0.2) is 6.10 Å². The molecule has 0 bridgehead atoms. The summed E-state index contributed by atoms with van der Waals surface area (Å²) in [7, 11) is 0. The molecular weight excluding hydrogens is 316 g/mol. The quantitative estimate of drug-likeness (QED) is 0.906. The van der Waals surface area contributed by atoms with Gasteiger partial charge in [0.2, 0.25) is 5.91 Å². The van der Waals surface area contributed by atoms with E-state index < -0.39 is 6.10 Å². The Bertz CT molecular complexity index is 776. The summed E-state index contributed by atoms with van der Waals surface area (Å²) in [5, 5.41) is 6.03. The lowest BCUT2D eigenvalue weighted by atomic mass is 10.1. The Morgan fingerprint density at radius 2 is 2.09 bits per heavy atom. The number of halogens is 1. The highest BCUT2D eigenvalue weighted by molar-refractivity contribution is 6.31. The van der Waals surface area contributed by atoms with E-state index in [1.54, 1.807) is 30.3 Å². The fourth-order valence-corrected chi connectivity index (χ4v) is 2.50. The maximum atomic E-state index is 12.2. The zero-order chi connectivity index (χ0) is 16.4. The number of benzene rings is 2. The molecule has 1 aliphatic heterocycles. The maximum absolute atomic E-state index is 12.2. The second kappa shape index (κ2) is 6.30. The zero-order valence-electron chi connectivity index (χ0n) is 12.4. The fraction of sp³-hybridized carbons (Fsp3) is 0.176. The van der Waals surface area contributed by atoms with Crippen LogP contribution in [0, 0.1) is 6.92 Å². The second-order valence-corrected chi connectivity index (χ2v) is 5.74. The van der Waals surface area contributed by atoms with E-state index in [1.165, 1.54) is 0 Å². The lowest BCUT2D eigenvalue weighted by Gasteiger charge is -2.25. The second-order valence-electron chi connectivity index (χ2n) is 5.30. The van der Waals surface area contributed by atoms with Gasteiger partial charge in [-0.05, 0) is 36.8 Å². The number of amides is 2. The van der Waals surface area contributed by atoms with Crippen molar-refractivity contribution in [1.82, 2.24) is 0 Å². The van der Waals surface area contributed by atoms with Crippen molar-refractivity contribution in [2.45, 2.75) is 19.4 Å². The highest BCUT2D eigenvalue weighted by Gasteiger charge is 2.29. The molecule has 5 nitrogen and oxygen atoms in total. The van der Waals surface area contributed by atoms with E-state index in [0.717, 1.165) is 5.56 Å². The predicted octanol–water partition coefficient (Wildman–Crippen LogP) is 3.38. The highest BCUT2D eigenvalue weighted by atomic mass is 35.5. The van der Waals surface area contributed by atoms with Crippen LogP contribution in [-0.4, -0.2) is 17.9 Å². The molecule has 23 heavy (non-hydrogen) atoms. The molecule has 3 rings (SSSR count). The summed E-state index contributed by atoms with van der Waals surface area (Å²) < 4.78 is 5.61. The van der Waals surface area contributed by atoms with Crippen LogP contribution >= 0.6 is 11.6 Å². The average Bonchev–Trinajstić information content (AvgIpc) is 2.51. The van der Waals surface area contributed by atoms with Crippen LogP contribution in [0.1, 0.15) is 12.0 Å². The van der Waals surface area contributed by atoms with E-state index in [-0.39, 0.29) is 18.2 Å². The van der Waals surface area contributed by atoms with Crippen molar-refractivity contribution in [3.05, 3.63) is 53.1 Å². The lowest BCUT2D eigenvalue weighted by molar-refractivity contribution is -0.128. The topological polar surface area (TPSA) is 67.4 Å². The van der Waals surface area contributed by atoms with Crippen molar-refractivity contribution >= 4 is 34.8 Å². The first-order valence-electron chi connectivity index (χ1n) is 7.15. The molecule has 1 aliphatic rings. The number of para-hydroxylation sites is 2. The molecule has 2 aromatic rings. The van der Waals surface area contributed by atoms with E-state index in [2.05, 4.69) is 10.6 Å². The van der Waals surface area contributed by atoms with Gasteiger partial charge in [-0.25, -0.2) is 0 Å². The zero-order valence-corrected chi connectivity index (χ0v) is 13.2. The largest absolute Gasteiger partial charge is 0.478 e. The molecule has 0 saturated carbocycles. The summed E-state index contributed by atoms with van der Waals surface area (Å²) >= 11 is 5.93. The van der Waals surface area contributed by atoms with Gasteiger partial charge in [0.25, 0.3) is 5.91 Å². The molecule has 0 aromatic heterocycles. The van der Waals surface area contributed by atoms with Crippen molar-refractivity contribution in [1.29, 1.82) is 0 Å². The average molecular weight is 331 g/mol. The third-order valence-corrected chi connectivity index (χ3v) is 3.79. The van der Waals surface area contributed by atoms with Gasteiger partial charge in [0.05, 0.1) is 12.1 Å². The number of carbonyl (C=O) groups excluding carboxylic acids is 2. The number of nitrogens with one attached hydrogen (secondary N) is 2. The Balaban J connectivity index is 1.69. The molecule has 6 heteroatoms. The van der Waals surface area contributed by atoms with Crippen LogP contribution < -0.4 is 15.4 Å². The molecule has 118 valence electrons. The molecule has 2 N–H and O–H groups in total. The van der Waals surface area contributed by atoms with E-state index in [4.69, 9.17) is 16.3 Å². The molecule has 0 spiro atoms. The number of hydrogen-bond acceptors (Lipinski definition) is 3. The molecule has 1 heterocycles. The van der Waals surface area contributed by atoms with Crippen molar-refractivity contribution in [2.75, 3.05) is 10.6 Å². The van der Waals surface area contributed by atoms with E-state index in [1.807, 2.05) is 19.1 Å². The van der Waals surface area contributed by atoms with Crippen molar-refractivity contribution in [3.63, 3.8) is 0 Å². The van der Waals surface area contributed by atoms with Crippen LogP contribution in [0.4, 0.5) is 11.4 Å². The first kappa shape index (κ1) is 15.4. The van der Waals surface area contributed by atoms with Gasteiger partial charge in [0, 0.05) is 10.7 Å². The summed E-state index contributed by atoms with van der Waals surface area (Å²) in [6.45, 7) is 1.87. The summed E-state index contributed by atoms with van der Waals surface area (Å²) in [6, 6.07) is 12.4. The minimum Gasteiger partial charge on any atom is -0.478 e. The maximum Gasteiger partial charge on any atom is 0.266 e. The van der Waals surface area contributed by atoms with E-state index in [0.29, 0.717) is 22.1 Å². The number of fused-ring (bicyclic) bond motifs is 1. The van der Waals surface area contributed by atoms with Gasteiger partial charge in [-0.15, -0.1) is 0 Å². The van der Waals surface area contributed by atoms with Crippen LogP contribution in [0.2, 0.25) is 5.02 Å². The van der Waals surface area contributed by atoms with Gasteiger partial charge in [-0.1, -0.05) is 29.8 Å². The summed E-state index contributed by atoms with van der Waals surface area (Å²) in [5.74, 6) is -0.0830. The third-order valence-electron chi connectivity index (χ3n) is 3.55. The smallest absolute Gasteiger partial charge is 0.266 e. The number of rotatable bonds is 3. The minimum absolute atomic E-state index is 0.0773. The molecular formula is C17H15ClN2O3. The SMILES string of the molecule is Cc1ccc(Cl)cc1NC(=O)CC1Oc2ccccc2NC1=O. The Hall–Kier alpha value is -2.53. The fourth-order valence-electron chi connectivity index (χ4n) is 2.33. The van der Waals surface area contributed by atoms with Gasteiger partial charge in [0.1, 0.15) is 5.75 Å². The van der Waals surface area contributed by atoms with E-state index >= 15 is 0 Å². The van der Waals surface area contributed by atoms with Gasteiger partial charge >= 0.3 is 0 Å². The number of carbonyl (C=O) groups is 2. The number of anilines is 2. The normalized spacial score (nSPS) is 16.1. The number of ether oxygens (including phenoxy) is 1. The molecule has 2 amide bonds. The van der Waals surface area contributed by atoms with Gasteiger partial charge < -0.3 is 15.4 Å². The van der Waals surface area contributed by atoms with Crippen LogP contribution in [0.15, 0.2) is 42.5 Å². The van der Waals surface area contributed by atoms with Crippen molar-refractivity contribution in [2.24, 2.45) is 0 Å². The summed E-state index contributed by atoms with van der Waals surface area (Å²) in [6.07, 6.45) is -0.934. The third kappa shape index (κ3) is 3.46. The Labute approximate surface area is 138 Å². The van der Waals surface area contributed by atoms with Crippen molar-refractivity contribution in [3.8, 4) is 5.75 Å². The van der Waals surface area contributed by atoms with E-state index in [9.17, 15) is 9.59 Å². The summed E-state index contributed by atoms with van der Waals surface area (Å²) in [5.41, 5.74) is 2.13. The molecule has 1 unspecified atom stereocenters. The first-order chi connectivity index (χ1) is 11.0. The molecule has 0 aliphatic carbocycles. The Morgan fingerprint density at radius 3 is 2.91 bits per heavy atom. The predicted molar refractivity (Wildman–Crippen MR) is 88.9 cm³/mol. The molecule has 1 atom stereocenters. The molecule has 0 radical (unpaired) electrons. The molecule has 2 aromatic carbocycles. The van der Waals surface area contributed by atoms with Crippen LogP contribution in [0.5, 0.6) is 5.75 Å². The first-order valence-corrected chi connectivity index (χ1v) is 7.53. The van der Waals surface area contributed by atoms with Crippen LogP contribution in [-0.2, 0) is 9.59 Å². The van der Waals surface area contributed by atoms with Crippen LogP contribution in [0.25, 0.3) is 0 Å². The summed E-state index contributed by atoms with van der Waals surface area (Å²) in [4.78, 5) is 24.2. The standard InChI is InChI=1S/C17H15ClN2O3/c1-10-6-7-11(18)8-13(10)19-16(21)9-15-17(22)20-12-4-2-3-5-14(12)23-15/h2-8,15H,9H2,1H3,(H,19,21)(H,20,22). The Kier molecular flexibility index (Phi) is 4.21. The molecule has 0 saturated heterocycles. The monoisotopic (exact) mass is 330 g/mol. The molecule has 0 fully saturated rings. The van der Waals surface area contributed by atoms with Crippen LogP contribution in [0.3, 0.4) is 0 Å². The van der Waals surface area contributed by atoms with Gasteiger partial charge in [-0.2, -0.15) is 0 Å². The number of aryl methyl sites for hydroxylation is 1. The number of hydrogen-bond donors (Lipinski definition) is 2. The highest BCUT2D eigenvalue weighted by Crippen LogP contribution is 2.29. The Morgan fingerprint density at radius 1 is 1.30 bits per heavy atom. The van der Waals surface area contributed by atoms with Gasteiger partial charge in [-0.3, -0.25) is 9.59 Å². The van der Waals surface area contributed by atoms with Crippen molar-refractivity contribution < 1.29 is 14.3 Å².